The van der Waals surface area contributed by atoms with Gasteiger partial charge < -0.3 is 4.74 Å². The van der Waals surface area contributed by atoms with E-state index in [1.54, 1.807) is 42.5 Å². The largest absolute Gasteiger partial charge is 0.373 e. The van der Waals surface area contributed by atoms with Crippen molar-refractivity contribution in [1.82, 2.24) is 0 Å². The molecule has 1 atom stereocenters. The first-order chi connectivity index (χ1) is 9.16. The Morgan fingerprint density at radius 3 is 2.11 bits per heavy atom. The second-order valence-corrected chi connectivity index (χ2v) is 6.57. The number of benzene rings is 2. The smallest absolute Gasteiger partial charge is 0.206 e. The molecule has 0 spiro atoms. The highest BCUT2D eigenvalue weighted by molar-refractivity contribution is 7.91. The molecule has 98 valence electrons. The molecule has 0 amide bonds. The van der Waals surface area contributed by atoms with Crippen LogP contribution >= 0.6 is 0 Å². The summed E-state index contributed by atoms with van der Waals surface area (Å²) in [6, 6.07) is 15.5. The van der Waals surface area contributed by atoms with Crippen molar-refractivity contribution in [2.45, 2.75) is 22.3 Å². The molecule has 3 rings (SSSR count). The average Bonchev–Trinajstić information content (AvgIpc) is 3.24. The third-order valence-corrected chi connectivity index (χ3v) is 4.94. The van der Waals surface area contributed by atoms with E-state index in [-0.39, 0.29) is 0 Å². The highest BCUT2D eigenvalue weighted by Gasteiger charge is 2.23. The fourth-order valence-corrected chi connectivity index (χ4v) is 3.27. The Bertz CT molecular complexity index is 656. The van der Waals surface area contributed by atoms with Crippen molar-refractivity contribution in [3.8, 4) is 0 Å². The van der Waals surface area contributed by atoms with E-state index >= 15 is 0 Å². The predicted octanol–water partition coefficient (Wildman–Crippen LogP) is 2.46. The van der Waals surface area contributed by atoms with Crippen LogP contribution in [0, 0.1) is 0 Å². The van der Waals surface area contributed by atoms with Crippen LogP contribution in [-0.4, -0.2) is 21.1 Å². The Morgan fingerprint density at radius 1 is 0.947 bits per heavy atom. The monoisotopic (exact) mass is 274 g/mol. The highest BCUT2D eigenvalue weighted by atomic mass is 32.2. The normalized spacial score (nSPS) is 18.2. The average molecular weight is 274 g/mol. The second-order valence-electron chi connectivity index (χ2n) is 4.62. The Labute approximate surface area is 112 Å². The predicted molar refractivity (Wildman–Crippen MR) is 71.8 cm³/mol. The molecule has 1 heterocycles. The lowest BCUT2D eigenvalue weighted by atomic mass is 10.1. The minimum atomic E-state index is -3.40. The van der Waals surface area contributed by atoms with E-state index in [1.165, 1.54) is 0 Å². The molecule has 0 N–H and O–H groups in total. The lowest BCUT2D eigenvalue weighted by Crippen LogP contribution is -2.02. The molecule has 4 heteroatoms. The topological polar surface area (TPSA) is 46.7 Å². The Balaban J connectivity index is 1.88. The van der Waals surface area contributed by atoms with Gasteiger partial charge in [-0.3, -0.25) is 0 Å². The molecule has 1 saturated heterocycles. The zero-order valence-corrected chi connectivity index (χ0v) is 11.1. The lowest BCUT2D eigenvalue weighted by molar-refractivity contribution is 0.407. The van der Waals surface area contributed by atoms with Crippen molar-refractivity contribution >= 4 is 9.84 Å². The van der Waals surface area contributed by atoms with Crippen LogP contribution in [0.5, 0.6) is 0 Å². The van der Waals surface area contributed by atoms with Crippen molar-refractivity contribution < 1.29 is 13.2 Å². The van der Waals surface area contributed by atoms with Crippen LogP contribution in [0.25, 0.3) is 0 Å². The molecule has 3 nitrogen and oxygen atoms in total. The highest BCUT2D eigenvalue weighted by Crippen LogP contribution is 2.22. The van der Waals surface area contributed by atoms with Crippen LogP contribution in [-0.2, 0) is 21.0 Å². The molecule has 1 fully saturated rings. The Morgan fingerprint density at radius 2 is 1.53 bits per heavy atom. The Hall–Kier alpha value is -1.65. The maximum Gasteiger partial charge on any atom is 0.206 e. The van der Waals surface area contributed by atoms with Crippen molar-refractivity contribution in [3.05, 3.63) is 60.2 Å². The van der Waals surface area contributed by atoms with Gasteiger partial charge in [-0.05, 0) is 29.8 Å². The maximum absolute atomic E-state index is 12.4. The lowest BCUT2D eigenvalue weighted by Gasteiger charge is -2.05. The number of ether oxygens (including phenoxy) is 1. The van der Waals surface area contributed by atoms with E-state index in [4.69, 9.17) is 4.74 Å². The Kier molecular flexibility index (Phi) is 3.12. The van der Waals surface area contributed by atoms with Crippen molar-refractivity contribution in [2.75, 3.05) is 6.61 Å². The molecule has 0 bridgehead atoms. The molecule has 1 unspecified atom stereocenters. The van der Waals surface area contributed by atoms with Crippen LogP contribution in [0.1, 0.15) is 5.56 Å². The summed E-state index contributed by atoms with van der Waals surface area (Å²) >= 11 is 0. The van der Waals surface area contributed by atoms with Gasteiger partial charge in [0.1, 0.15) is 0 Å². The molecule has 1 aliphatic rings. The molecule has 0 aromatic heterocycles. The minimum absolute atomic E-state index is 0.316. The van der Waals surface area contributed by atoms with Crippen LogP contribution in [0.3, 0.4) is 0 Å². The van der Waals surface area contributed by atoms with E-state index in [1.807, 2.05) is 12.1 Å². The number of rotatable bonds is 4. The first-order valence-electron chi connectivity index (χ1n) is 6.17. The van der Waals surface area contributed by atoms with Gasteiger partial charge in [0, 0.05) is 6.42 Å². The van der Waals surface area contributed by atoms with Gasteiger partial charge in [0.15, 0.2) is 0 Å². The summed E-state index contributed by atoms with van der Waals surface area (Å²) < 4.78 is 29.9. The standard InChI is InChI=1S/C15H14O3S/c16-19(17,14-4-2-1-3-5-14)15-8-6-12(7-9-15)10-13-11-18-13/h1-9,13H,10-11H2. The van der Waals surface area contributed by atoms with Crippen LogP contribution in [0.4, 0.5) is 0 Å². The van der Waals surface area contributed by atoms with Gasteiger partial charge in [-0.15, -0.1) is 0 Å². The van der Waals surface area contributed by atoms with E-state index in [0.717, 1.165) is 18.6 Å². The molecule has 0 aliphatic carbocycles. The third kappa shape index (κ3) is 2.69. The number of hydrogen-bond acceptors (Lipinski definition) is 3. The summed E-state index contributed by atoms with van der Waals surface area (Å²) in [5.74, 6) is 0. The fraction of sp³-hybridized carbons (Fsp3) is 0.200. The first kappa shape index (κ1) is 12.4. The summed E-state index contributed by atoms with van der Waals surface area (Å²) in [7, 11) is -3.40. The van der Waals surface area contributed by atoms with E-state index in [2.05, 4.69) is 0 Å². The SMILES string of the molecule is O=S(=O)(c1ccccc1)c1ccc(CC2CO2)cc1. The second kappa shape index (κ2) is 4.79. The van der Waals surface area contributed by atoms with Crippen molar-refractivity contribution in [2.24, 2.45) is 0 Å². The zero-order valence-electron chi connectivity index (χ0n) is 10.3. The quantitative estimate of drug-likeness (QED) is 0.805. The fourth-order valence-electron chi connectivity index (χ4n) is 1.99. The van der Waals surface area contributed by atoms with Gasteiger partial charge >= 0.3 is 0 Å². The molecule has 2 aromatic rings. The molecule has 1 aliphatic heterocycles. The molecular weight excluding hydrogens is 260 g/mol. The van der Waals surface area contributed by atoms with Gasteiger partial charge in [0.2, 0.25) is 9.84 Å². The van der Waals surface area contributed by atoms with Gasteiger partial charge in [0.05, 0.1) is 22.5 Å². The molecule has 0 saturated carbocycles. The van der Waals surface area contributed by atoms with E-state index in [9.17, 15) is 8.42 Å². The number of sulfone groups is 1. The van der Waals surface area contributed by atoms with E-state index < -0.39 is 9.84 Å². The van der Waals surface area contributed by atoms with Gasteiger partial charge in [-0.2, -0.15) is 0 Å². The summed E-state index contributed by atoms with van der Waals surface area (Å²) in [6.45, 7) is 0.810. The molecule has 19 heavy (non-hydrogen) atoms. The number of hydrogen-bond donors (Lipinski definition) is 0. The van der Waals surface area contributed by atoms with Crippen LogP contribution in [0.2, 0.25) is 0 Å². The third-order valence-electron chi connectivity index (χ3n) is 3.15. The minimum Gasteiger partial charge on any atom is -0.373 e. The van der Waals surface area contributed by atoms with Gasteiger partial charge in [0.25, 0.3) is 0 Å². The van der Waals surface area contributed by atoms with Crippen molar-refractivity contribution in [1.29, 1.82) is 0 Å². The summed E-state index contributed by atoms with van der Waals surface area (Å²) in [5, 5.41) is 0. The van der Waals surface area contributed by atoms with Crippen LogP contribution in [0.15, 0.2) is 64.4 Å². The van der Waals surface area contributed by atoms with Gasteiger partial charge in [-0.1, -0.05) is 30.3 Å². The molecule has 0 radical (unpaired) electrons. The van der Waals surface area contributed by atoms with Gasteiger partial charge in [-0.25, -0.2) is 8.42 Å². The number of epoxide rings is 1. The van der Waals surface area contributed by atoms with E-state index in [0.29, 0.717) is 15.9 Å². The molecular formula is C15H14O3S. The summed E-state index contributed by atoms with van der Waals surface area (Å²) in [5.41, 5.74) is 1.11. The zero-order chi connectivity index (χ0) is 13.3. The maximum atomic E-state index is 12.4. The van der Waals surface area contributed by atoms with Crippen molar-refractivity contribution in [3.63, 3.8) is 0 Å². The summed E-state index contributed by atoms with van der Waals surface area (Å²) in [4.78, 5) is 0.660. The first-order valence-corrected chi connectivity index (χ1v) is 7.65. The summed E-state index contributed by atoms with van der Waals surface area (Å²) in [6.07, 6.45) is 1.17. The van der Waals surface area contributed by atoms with Crippen LogP contribution < -0.4 is 0 Å². The molecule has 2 aromatic carbocycles.